The molecular weight excluding hydrogens is 477 g/mol. The Hall–Kier alpha value is -1.72. The van der Waals surface area contributed by atoms with Gasteiger partial charge in [-0.05, 0) is 25.5 Å². The number of carbonyl (C=O) groups is 2. The molecule has 10 heteroatoms. The fraction of sp³-hybridized carbons (Fsp3) is 0.720. The van der Waals surface area contributed by atoms with Crippen molar-refractivity contribution in [1.82, 2.24) is 4.98 Å². The number of halogens is 1. The number of aliphatic hydroxyl groups excluding tert-OH is 2. The van der Waals surface area contributed by atoms with Crippen molar-refractivity contribution in [2.45, 2.75) is 84.7 Å². The molecule has 2 fully saturated rings. The molecule has 2 aliphatic rings. The lowest BCUT2D eigenvalue weighted by Gasteiger charge is -2.34. The molecule has 2 N–H and O–H groups in total. The molecule has 2 aliphatic heterocycles. The molecule has 7 atom stereocenters. The molecule has 1 aromatic heterocycles. The molecule has 2 unspecified atom stereocenters. The Morgan fingerprint density at radius 3 is 2.60 bits per heavy atom. The van der Waals surface area contributed by atoms with E-state index in [1.165, 1.54) is 11.3 Å². The number of fused-ring (bicyclic) bond motifs is 1. The maximum atomic E-state index is 15.1. The molecule has 3 rings (SSSR count). The maximum Gasteiger partial charge on any atom is 0.309 e. The average molecular weight is 514 g/mol. The van der Waals surface area contributed by atoms with E-state index < -0.39 is 59.9 Å². The topological polar surface area (TPSA) is 118 Å². The van der Waals surface area contributed by atoms with E-state index in [-0.39, 0.29) is 25.4 Å². The summed E-state index contributed by atoms with van der Waals surface area (Å²) in [6.45, 7) is 9.70. The largest absolute Gasteiger partial charge is 0.458 e. The number of hydrogen-bond donors (Lipinski definition) is 2. The van der Waals surface area contributed by atoms with Crippen LogP contribution in [0.5, 0.6) is 0 Å². The van der Waals surface area contributed by atoms with Gasteiger partial charge in [0.2, 0.25) is 0 Å². The molecule has 0 saturated carbocycles. The number of esters is 1. The van der Waals surface area contributed by atoms with Crippen LogP contribution in [-0.4, -0.2) is 70.4 Å². The lowest BCUT2D eigenvalue weighted by molar-refractivity contribution is -0.154. The van der Waals surface area contributed by atoms with Crippen molar-refractivity contribution in [2.24, 2.45) is 17.3 Å². The molecule has 0 aromatic carbocycles. The number of cyclic esters (lactones) is 1. The van der Waals surface area contributed by atoms with Gasteiger partial charge >= 0.3 is 5.97 Å². The Morgan fingerprint density at radius 2 is 1.97 bits per heavy atom. The number of aromatic nitrogens is 1. The molecule has 0 bridgehead atoms. The molecule has 35 heavy (non-hydrogen) atoms. The minimum Gasteiger partial charge on any atom is -0.458 e. The molecule has 0 spiro atoms. The van der Waals surface area contributed by atoms with E-state index in [2.05, 4.69) is 4.98 Å². The Bertz CT molecular complexity index is 963. The fourth-order valence-corrected chi connectivity index (χ4v) is 4.92. The lowest BCUT2D eigenvalue weighted by atomic mass is 9.73. The number of Topliss-reactive ketones (excluding diaryl/α,β-unsaturated/α-hetero) is 1. The summed E-state index contributed by atoms with van der Waals surface area (Å²) in [7, 11) is 0. The number of ketones is 1. The summed E-state index contributed by atoms with van der Waals surface area (Å²) in [5.74, 6) is -4.41. The van der Waals surface area contributed by atoms with Gasteiger partial charge in [-0.25, -0.2) is 9.37 Å². The highest BCUT2D eigenvalue weighted by molar-refractivity contribution is 7.09. The summed E-state index contributed by atoms with van der Waals surface area (Å²) in [6.07, 6.45) is -2.64. The smallest absolute Gasteiger partial charge is 0.309 e. The third-order valence-electron chi connectivity index (χ3n) is 7.00. The van der Waals surface area contributed by atoms with Gasteiger partial charge in [0.25, 0.3) is 5.85 Å². The first-order chi connectivity index (χ1) is 16.2. The van der Waals surface area contributed by atoms with Crippen LogP contribution in [0.3, 0.4) is 0 Å². The average Bonchev–Trinajstić information content (AvgIpc) is 3.22. The fourth-order valence-electron chi connectivity index (χ4n) is 4.35. The number of epoxide rings is 1. The molecule has 8 nitrogen and oxygen atoms in total. The third kappa shape index (κ3) is 6.54. The minimum atomic E-state index is -2.02. The van der Waals surface area contributed by atoms with Gasteiger partial charge in [-0.1, -0.05) is 27.7 Å². The molecule has 3 heterocycles. The van der Waals surface area contributed by atoms with Gasteiger partial charge in [0.05, 0.1) is 41.4 Å². The Kier molecular flexibility index (Phi) is 8.53. The maximum absolute atomic E-state index is 15.1. The number of nitrogens with zero attached hydrogens (tertiary/aromatic N) is 1. The highest BCUT2D eigenvalue weighted by Gasteiger charge is 2.59. The summed E-state index contributed by atoms with van der Waals surface area (Å²) in [5.41, 5.74) is 0.0512. The number of alkyl halides is 1. The first-order valence-electron chi connectivity index (χ1n) is 11.9. The number of hydrogen-bond acceptors (Lipinski definition) is 9. The van der Waals surface area contributed by atoms with Crippen LogP contribution in [-0.2, 0) is 23.8 Å². The molecule has 0 radical (unpaired) electrons. The summed E-state index contributed by atoms with van der Waals surface area (Å²) >= 11 is 1.48. The van der Waals surface area contributed by atoms with E-state index in [4.69, 9.17) is 14.2 Å². The number of carbonyl (C=O) groups excluding carboxylic acids is 2. The second kappa shape index (κ2) is 10.7. The summed E-state index contributed by atoms with van der Waals surface area (Å²) in [6, 6.07) is 0. The first-order valence-corrected chi connectivity index (χ1v) is 12.8. The zero-order chi connectivity index (χ0) is 26.1. The number of rotatable bonds is 2. The predicted octanol–water partition coefficient (Wildman–Crippen LogP) is 3.23. The van der Waals surface area contributed by atoms with E-state index in [1.807, 2.05) is 12.3 Å². The van der Waals surface area contributed by atoms with Crippen molar-refractivity contribution >= 4 is 29.2 Å². The molecule has 0 aliphatic carbocycles. The van der Waals surface area contributed by atoms with Crippen molar-refractivity contribution in [3.63, 3.8) is 0 Å². The monoisotopic (exact) mass is 513 g/mol. The quantitative estimate of drug-likeness (QED) is 0.457. The van der Waals surface area contributed by atoms with E-state index in [9.17, 15) is 19.8 Å². The second-order valence-electron chi connectivity index (χ2n) is 10.4. The molecular formula is C25H36FNO7S. The van der Waals surface area contributed by atoms with E-state index in [1.54, 1.807) is 40.7 Å². The van der Waals surface area contributed by atoms with E-state index in [0.717, 1.165) is 5.01 Å². The Morgan fingerprint density at radius 1 is 1.29 bits per heavy atom. The second-order valence-corrected chi connectivity index (χ2v) is 11.4. The van der Waals surface area contributed by atoms with Crippen LogP contribution in [0.4, 0.5) is 4.39 Å². The van der Waals surface area contributed by atoms with E-state index >= 15 is 4.39 Å². The Labute approximate surface area is 209 Å². The predicted molar refractivity (Wildman–Crippen MR) is 128 cm³/mol. The lowest BCUT2D eigenvalue weighted by Crippen LogP contribution is -2.46. The number of ether oxygens (including phenoxy) is 3. The highest BCUT2D eigenvalue weighted by atomic mass is 32.1. The first kappa shape index (κ1) is 27.9. The van der Waals surface area contributed by atoms with Crippen LogP contribution < -0.4 is 0 Å². The van der Waals surface area contributed by atoms with Crippen LogP contribution >= 0.6 is 11.3 Å². The summed E-state index contributed by atoms with van der Waals surface area (Å²) in [5, 5.41) is 24.2. The van der Waals surface area contributed by atoms with Crippen LogP contribution in [0.25, 0.3) is 6.08 Å². The van der Waals surface area contributed by atoms with Gasteiger partial charge in [0.1, 0.15) is 24.6 Å². The third-order valence-corrected chi connectivity index (χ3v) is 7.79. The molecule has 196 valence electrons. The summed E-state index contributed by atoms with van der Waals surface area (Å²) < 4.78 is 31.5. The molecule has 2 saturated heterocycles. The van der Waals surface area contributed by atoms with Crippen LogP contribution in [0, 0.1) is 24.2 Å². The summed E-state index contributed by atoms with van der Waals surface area (Å²) in [4.78, 5) is 30.3. The van der Waals surface area contributed by atoms with Gasteiger partial charge in [-0.2, -0.15) is 0 Å². The van der Waals surface area contributed by atoms with E-state index in [0.29, 0.717) is 11.3 Å². The van der Waals surface area contributed by atoms with Gasteiger partial charge in [0.15, 0.2) is 0 Å². The zero-order valence-electron chi connectivity index (χ0n) is 21.1. The zero-order valence-corrected chi connectivity index (χ0v) is 21.9. The molecule has 1 aromatic rings. The van der Waals surface area contributed by atoms with Crippen molar-refractivity contribution in [1.29, 1.82) is 0 Å². The van der Waals surface area contributed by atoms with Crippen molar-refractivity contribution < 1.29 is 38.4 Å². The number of thiazole rings is 1. The Balaban J connectivity index is 1.85. The number of aliphatic hydroxyl groups is 2. The minimum absolute atomic E-state index is 0.0318. The van der Waals surface area contributed by atoms with Crippen molar-refractivity contribution in [3.05, 3.63) is 21.7 Å². The van der Waals surface area contributed by atoms with Crippen LogP contribution in [0.1, 0.15) is 58.2 Å². The number of aryl methyl sites for hydroxylation is 1. The van der Waals surface area contributed by atoms with Crippen LogP contribution in [0.2, 0.25) is 0 Å². The highest BCUT2D eigenvalue weighted by Crippen LogP contribution is 2.43. The van der Waals surface area contributed by atoms with Gasteiger partial charge in [0, 0.05) is 23.6 Å². The van der Waals surface area contributed by atoms with Gasteiger partial charge in [-0.15, -0.1) is 11.3 Å². The van der Waals surface area contributed by atoms with Crippen LogP contribution in [0.15, 0.2) is 11.0 Å². The van der Waals surface area contributed by atoms with Gasteiger partial charge < -0.3 is 24.4 Å². The SMILES string of the molecule is C/C(=C\c1csc(C)n1)[C@@H]1CC2OC2(F)COC[C@H](C)[C@H](O)[C@@H](C)C(=O)C(C)(C)[C@@H](O)CC(=O)O1. The standard InChI is InChI=1S/C25H36FNO7S/c1-13(7-17-11-35-16(4)27-17)18-8-20-25(26,34-20)12-32-10-14(2)22(30)15(3)23(31)24(5,6)19(28)9-21(29)33-18/h7,11,14-15,18-20,22,28,30H,8-10,12H2,1-6H3/b13-7+/t14-,15+,18-,19-,20?,22-,25?/m0/s1. The van der Waals surface area contributed by atoms with Gasteiger partial charge in [-0.3, -0.25) is 9.59 Å². The molecule has 0 amide bonds. The normalized spacial score (nSPS) is 37.5. The van der Waals surface area contributed by atoms with Crippen molar-refractivity contribution in [2.75, 3.05) is 13.2 Å². The van der Waals surface area contributed by atoms with Crippen molar-refractivity contribution in [3.8, 4) is 0 Å².